The molecule has 7 heteroatoms. The highest BCUT2D eigenvalue weighted by molar-refractivity contribution is 5.79. The fourth-order valence-corrected chi connectivity index (χ4v) is 2.71. The Balaban J connectivity index is 1.47. The normalized spacial score (nSPS) is 14.4. The molecule has 144 valence electrons. The highest BCUT2D eigenvalue weighted by atomic mass is 16.5. The maximum atomic E-state index is 12.3. The molecule has 1 fully saturated rings. The second kappa shape index (κ2) is 8.70. The Morgan fingerprint density at radius 1 is 1.19 bits per heavy atom. The SMILES string of the molecule is CCOc1ccc(OCCNC(=O)C(C)n2nc(C3CC3)ccc2=O)cc1. The summed E-state index contributed by atoms with van der Waals surface area (Å²) in [5.41, 5.74) is 0.612. The maximum Gasteiger partial charge on any atom is 0.267 e. The van der Waals surface area contributed by atoms with Gasteiger partial charge in [-0.2, -0.15) is 5.10 Å². The third-order valence-electron chi connectivity index (χ3n) is 4.39. The first-order valence-corrected chi connectivity index (χ1v) is 9.31. The van der Waals surface area contributed by atoms with E-state index in [1.54, 1.807) is 13.0 Å². The summed E-state index contributed by atoms with van der Waals surface area (Å²) in [4.78, 5) is 24.4. The summed E-state index contributed by atoms with van der Waals surface area (Å²) in [6.45, 7) is 4.89. The van der Waals surface area contributed by atoms with Crippen LogP contribution < -0.4 is 20.3 Å². The highest BCUT2D eigenvalue weighted by Crippen LogP contribution is 2.38. The Kier molecular flexibility index (Phi) is 6.11. The Morgan fingerprint density at radius 3 is 2.48 bits per heavy atom. The van der Waals surface area contributed by atoms with Gasteiger partial charge in [-0.05, 0) is 57.0 Å². The van der Waals surface area contributed by atoms with E-state index in [0.29, 0.717) is 31.4 Å². The predicted octanol–water partition coefficient (Wildman–Crippen LogP) is 2.28. The number of amides is 1. The molecule has 1 aliphatic carbocycles. The van der Waals surface area contributed by atoms with Crippen LogP contribution in [0.1, 0.15) is 44.3 Å². The molecule has 0 radical (unpaired) electrons. The van der Waals surface area contributed by atoms with E-state index in [9.17, 15) is 9.59 Å². The van der Waals surface area contributed by atoms with Gasteiger partial charge in [-0.15, -0.1) is 0 Å². The lowest BCUT2D eigenvalue weighted by atomic mass is 10.2. The van der Waals surface area contributed by atoms with Crippen LogP contribution >= 0.6 is 0 Å². The number of carbonyl (C=O) groups excluding carboxylic acids is 1. The molecular formula is C20H25N3O4. The molecule has 27 heavy (non-hydrogen) atoms. The molecule has 1 saturated carbocycles. The Bertz CT molecular complexity index is 828. The lowest BCUT2D eigenvalue weighted by Crippen LogP contribution is -2.38. The topological polar surface area (TPSA) is 82.4 Å². The molecular weight excluding hydrogens is 346 g/mol. The second-order valence-electron chi connectivity index (χ2n) is 6.54. The minimum absolute atomic E-state index is 0.257. The second-order valence-corrected chi connectivity index (χ2v) is 6.54. The number of nitrogens with zero attached hydrogens (tertiary/aromatic N) is 2. The van der Waals surface area contributed by atoms with E-state index in [1.807, 2.05) is 31.2 Å². The zero-order valence-corrected chi connectivity index (χ0v) is 15.7. The van der Waals surface area contributed by atoms with E-state index in [1.165, 1.54) is 10.7 Å². The monoisotopic (exact) mass is 371 g/mol. The van der Waals surface area contributed by atoms with Gasteiger partial charge in [0.2, 0.25) is 5.91 Å². The van der Waals surface area contributed by atoms with Gasteiger partial charge in [0.25, 0.3) is 5.56 Å². The Hall–Kier alpha value is -2.83. The number of rotatable bonds is 9. The summed E-state index contributed by atoms with van der Waals surface area (Å²) in [6, 6.07) is 9.90. The molecule has 1 aromatic heterocycles. The summed E-state index contributed by atoms with van der Waals surface area (Å²) in [7, 11) is 0. The number of hydrogen-bond acceptors (Lipinski definition) is 5. The van der Waals surface area contributed by atoms with Crippen LogP contribution in [0.4, 0.5) is 0 Å². The fourth-order valence-electron chi connectivity index (χ4n) is 2.71. The van der Waals surface area contributed by atoms with Crippen LogP contribution in [0.5, 0.6) is 11.5 Å². The third kappa shape index (κ3) is 5.09. The van der Waals surface area contributed by atoms with Crippen molar-refractivity contribution in [1.29, 1.82) is 0 Å². The van der Waals surface area contributed by atoms with Gasteiger partial charge in [-0.3, -0.25) is 9.59 Å². The number of carbonyl (C=O) groups is 1. The third-order valence-corrected chi connectivity index (χ3v) is 4.39. The summed E-state index contributed by atoms with van der Waals surface area (Å²) in [5, 5.41) is 7.14. The minimum atomic E-state index is -0.665. The smallest absolute Gasteiger partial charge is 0.267 e. The number of aromatic nitrogens is 2. The molecule has 1 heterocycles. The van der Waals surface area contributed by atoms with Crippen molar-refractivity contribution in [2.24, 2.45) is 0 Å². The largest absolute Gasteiger partial charge is 0.494 e. The molecule has 7 nitrogen and oxygen atoms in total. The molecule has 2 aromatic rings. The van der Waals surface area contributed by atoms with Crippen LogP contribution in [-0.2, 0) is 4.79 Å². The first kappa shape index (κ1) is 18.9. The molecule has 3 rings (SSSR count). The van der Waals surface area contributed by atoms with E-state index >= 15 is 0 Å². The van der Waals surface area contributed by atoms with E-state index in [-0.39, 0.29) is 11.5 Å². The quantitative estimate of drug-likeness (QED) is 0.684. The van der Waals surface area contributed by atoms with Gasteiger partial charge < -0.3 is 14.8 Å². The van der Waals surface area contributed by atoms with Crippen molar-refractivity contribution in [3.8, 4) is 11.5 Å². The number of benzene rings is 1. The van der Waals surface area contributed by atoms with E-state index in [4.69, 9.17) is 9.47 Å². The van der Waals surface area contributed by atoms with E-state index < -0.39 is 6.04 Å². The summed E-state index contributed by atoms with van der Waals surface area (Å²) in [5.74, 6) is 1.66. The highest BCUT2D eigenvalue weighted by Gasteiger charge is 2.27. The molecule has 1 atom stereocenters. The van der Waals surface area contributed by atoms with Gasteiger partial charge >= 0.3 is 0 Å². The van der Waals surface area contributed by atoms with Crippen molar-refractivity contribution < 1.29 is 14.3 Å². The standard InChI is InChI=1S/C20H25N3O4/c1-3-26-16-6-8-17(9-7-16)27-13-12-21-20(25)14(2)23-19(24)11-10-18(22-23)15-4-5-15/h6-11,14-15H,3-5,12-13H2,1-2H3,(H,21,25). The Morgan fingerprint density at radius 2 is 1.85 bits per heavy atom. The van der Waals surface area contributed by atoms with Gasteiger partial charge in [0.1, 0.15) is 24.1 Å². The van der Waals surface area contributed by atoms with Crippen molar-refractivity contribution in [3.63, 3.8) is 0 Å². The van der Waals surface area contributed by atoms with Crippen LogP contribution in [0.2, 0.25) is 0 Å². The van der Waals surface area contributed by atoms with E-state index in [0.717, 1.165) is 24.3 Å². The first-order valence-electron chi connectivity index (χ1n) is 9.31. The molecule has 1 aliphatic rings. The molecule has 0 aliphatic heterocycles. The zero-order chi connectivity index (χ0) is 19.2. The van der Waals surface area contributed by atoms with Crippen LogP contribution in [0.3, 0.4) is 0 Å². The first-order chi connectivity index (χ1) is 13.1. The van der Waals surface area contributed by atoms with Crippen molar-refractivity contribution in [3.05, 3.63) is 52.4 Å². The number of hydrogen-bond donors (Lipinski definition) is 1. The fraction of sp³-hybridized carbons (Fsp3) is 0.450. The lowest BCUT2D eigenvalue weighted by Gasteiger charge is -2.15. The molecule has 1 amide bonds. The van der Waals surface area contributed by atoms with Gasteiger partial charge in [-0.1, -0.05) is 0 Å². The van der Waals surface area contributed by atoms with Crippen molar-refractivity contribution >= 4 is 5.91 Å². The molecule has 0 saturated heterocycles. The molecule has 1 aromatic carbocycles. The Labute approximate surface area is 158 Å². The maximum absolute atomic E-state index is 12.3. The van der Waals surface area contributed by atoms with Gasteiger partial charge in [0.15, 0.2) is 0 Å². The van der Waals surface area contributed by atoms with Crippen molar-refractivity contribution in [1.82, 2.24) is 15.1 Å². The summed E-state index contributed by atoms with van der Waals surface area (Å²) >= 11 is 0. The average molecular weight is 371 g/mol. The van der Waals surface area contributed by atoms with Crippen molar-refractivity contribution in [2.45, 2.75) is 38.6 Å². The molecule has 1 unspecified atom stereocenters. The lowest BCUT2D eigenvalue weighted by molar-refractivity contribution is -0.124. The molecule has 0 bridgehead atoms. The number of nitrogens with one attached hydrogen (secondary N) is 1. The van der Waals surface area contributed by atoms with Gasteiger partial charge in [0, 0.05) is 12.0 Å². The predicted molar refractivity (Wildman–Crippen MR) is 101 cm³/mol. The van der Waals surface area contributed by atoms with Crippen LogP contribution in [-0.4, -0.2) is 35.4 Å². The minimum Gasteiger partial charge on any atom is -0.494 e. The zero-order valence-electron chi connectivity index (χ0n) is 15.7. The van der Waals surface area contributed by atoms with Crippen LogP contribution in [0.15, 0.2) is 41.2 Å². The summed E-state index contributed by atoms with van der Waals surface area (Å²) in [6.07, 6.45) is 2.18. The van der Waals surface area contributed by atoms with Crippen LogP contribution in [0, 0.1) is 0 Å². The molecule has 1 N–H and O–H groups in total. The summed E-state index contributed by atoms with van der Waals surface area (Å²) < 4.78 is 12.2. The average Bonchev–Trinajstić information content (AvgIpc) is 3.51. The van der Waals surface area contributed by atoms with Crippen LogP contribution in [0.25, 0.3) is 0 Å². The van der Waals surface area contributed by atoms with E-state index in [2.05, 4.69) is 10.4 Å². The molecule has 0 spiro atoms. The van der Waals surface area contributed by atoms with Crippen molar-refractivity contribution in [2.75, 3.05) is 19.8 Å². The number of ether oxygens (including phenoxy) is 2. The van der Waals surface area contributed by atoms with Gasteiger partial charge in [0.05, 0.1) is 18.8 Å². The van der Waals surface area contributed by atoms with Gasteiger partial charge in [-0.25, -0.2) is 4.68 Å².